The van der Waals surface area contributed by atoms with E-state index < -0.39 is 5.91 Å². The quantitative estimate of drug-likeness (QED) is 0.742. The van der Waals surface area contributed by atoms with Crippen LogP contribution >= 0.6 is 0 Å². The third kappa shape index (κ3) is 6.09. The van der Waals surface area contributed by atoms with E-state index >= 15 is 0 Å². The molecular formula is C21H24N2O3. The lowest BCUT2D eigenvalue weighted by Crippen LogP contribution is -2.35. The number of nitrogens with two attached hydrogens (primary N) is 1. The summed E-state index contributed by atoms with van der Waals surface area (Å²) in [7, 11) is 0. The Morgan fingerprint density at radius 1 is 1.08 bits per heavy atom. The lowest BCUT2D eigenvalue weighted by molar-refractivity contribution is -0.128. The lowest BCUT2D eigenvalue weighted by Gasteiger charge is -2.25. The molecule has 0 aliphatic carbocycles. The smallest absolute Gasteiger partial charge is 0.255 e. The van der Waals surface area contributed by atoms with Crippen LogP contribution < -0.4 is 10.5 Å². The second-order valence-electron chi connectivity index (χ2n) is 6.20. The molecule has 26 heavy (non-hydrogen) atoms. The lowest BCUT2D eigenvalue weighted by atomic mass is 10.1. The van der Waals surface area contributed by atoms with Crippen LogP contribution in [0.4, 0.5) is 0 Å². The molecule has 2 aromatic rings. The Morgan fingerprint density at radius 3 is 2.31 bits per heavy atom. The maximum Gasteiger partial charge on any atom is 0.255 e. The van der Waals surface area contributed by atoms with Gasteiger partial charge in [0.2, 0.25) is 5.91 Å². The van der Waals surface area contributed by atoms with Gasteiger partial charge in [-0.2, -0.15) is 0 Å². The summed E-state index contributed by atoms with van der Waals surface area (Å²) >= 11 is 0. The van der Waals surface area contributed by atoms with Crippen molar-refractivity contribution in [1.82, 2.24) is 4.90 Å². The van der Waals surface area contributed by atoms with Gasteiger partial charge >= 0.3 is 0 Å². The van der Waals surface area contributed by atoms with E-state index in [4.69, 9.17) is 10.5 Å². The number of carbonyl (C=O) groups excluding carboxylic acids is 2. The van der Waals surface area contributed by atoms with Crippen molar-refractivity contribution >= 4 is 17.9 Å². The first kappa shape index (κ1) is 19.2. The van der Waals surface area contributed by atoms with E-state index in [1.807, 2.05) is 61.2 Å². The molecule has 0 spiro atoms. The van der Waals surface area contributed by atoms with Crippen molar-refractivity contribution in [3.05, 3.63) is 71.8 Å². The Hall–Kier alpha value is -3.08. The summed E-state index contributed by atoms with van der Waals surface area (Å²) in [5, 5.41) is 0. The Morgan fingerprint density at radius 2 is 1.73 bits per heavy atom. The zero-order valence-electron chi connectivity index (χ0n) is 15.1. The van der Waals surface area contributed by atoms with Crippen molar-refractivity contribution in [2.45, 2.75) is 26.4 Å². The maximum atomic E-state index is 12.6. The number of nitrogens with zero attached hydrogens (tertiary/aromatic N) is 1. The highest BCUT2D eigenvalue weighted by Gasteiger charge is 2.14. The van der Waals surface area contributed by atoms with Gasteiger partial charge in [-0.25, -0.2) is 0 Å². The van der Waals surface area contributed by atoms with Crippen molar-refractivity contribution in [3.63, 3.8) is 0 Å². The van der Waals surface area contributed by atoms with Gasteiger partial charge in [-0.3, -0.25) is 9.59 Å². The van der Waals surface area contributed by atoms with Crippen molar-refractivity contribution in [2.24, 2.45) is 5.73 Å². The molecule has 0 atom stereocenters. The summed E-state index contributed by atoms with van der Waals surface area (Å²) in [5.41, 5.74) is 7.01. The van der Waals surface area contributed by atoms with Crippen molar-refractivity contribution < 1.29 is 14.3 Å². The van der Waals surface area contributed by atoms with Crippen molar-refractivity contribution in [1.29, 1.82) is 0 Å². The van der Waals surface area contributed by atoms with Gasteiger partial charge in [0, 0.05) is 18.7 Å². The Labute approximate surface area is 154 Å². The Bertz CT molecular complexity index is 753. The fraction of sp³-hybridized carbons (Fsp3) is 0.238. The minimum absolute atomic E-state index is 0.0436. The van der Waals surface area contributed by atoms with Gasteiger partial charge in [-0.1, -0.05) is 42.5 Å². The van der Waals surface area contributed by atoms with Crippen LogP contribution in [0.1, 0.15) is 25.0 Å². The number of hydrogen-bond donors (Lipinski definition) is 1. The third-order valence-corrected chi connectivity index (χ3v) is 3.78. The van der Waals surface area contributed by atoms with E-state index in [0.717, 1.165) is 11.1 Å². The molecule has 0 aliphatic heterocycles. The number of benzene rings is 2. The molecule has 0 saturated heterocycles. The largest absolute Gasteiger partial charge is 0.484 e. The van der Waals surface area contributed by atoms with E-state index in [1.165, 1.54) is 0 Å². The van der Waals surface area contributed by atoms with Crippen LogP contribution in [-0.2, 0) is 16.1 Å². The summed E-state index contributed by atoms with van der Waals surface area (Å²) in [6.45, 7) is 4.41. The number of hydrogen-bond acceptors (Lipinski definition) is 3. The summed E-state index contributed by atoms with van der Waals surface area (Å²) in [6.07, 6.45) is 3.34. The number of ether oxygens (including phenoxy) is 1. The highest BCUT2D eigenvalue weighted by molar-refractivity contribution is 5.92. The van der Waals surface area contributed by atoms with Gasteiger partial charge in [0.05, 0.1) is 0 Å². The first-order valence-electron chi connectivity index (χ1n) is 8.49. The van der Waals surface area contributed by atoms with Crippen LogP contribution in [0.25, 0.3) is 6.08 Å². The first-order valence-corrected chi connectivity index (χ1v) is 8.49. The van der Waals surface area contributed by atoms with Gasteiger partial charge in [-0.15, -0.1) is 0 Å². The van der Waals surface area contributed by atoms with Crippen molar-refractivity contribution in [2.75, 3.05) is 6.61 Å². The topological polar surface area (TPSA) is 72.6 Å². The van der Waals surface area contributed by atoms with E-state index in [2.05, 4.69) is 0 Å². The Kier molecular flexibility index (Phi) is 6.97. The number of carbonyl (C=O) groups is 2. The summed E-state index contributed by atoms with van der Waals surface area (Å²) in [4.78, 5) is 25.1. The van der Waals surface area contributed by atoms with Crippen LogP contribution in [0.5, 0.6) is 5.75 Å². The number of primary amides is 1. The molecule has 0 saturated carbocycles. The highest BCUT2D eigenvalue weighted by atomic mass is 16.5. The van der Waals surface area contributed by atoms with Crippen molar-refractivity contribution in [3.8, 4) is 5.75 Å². The van der Waals surface area contributed by atoms with E-state index in [-0.39, 0.29) is 18.6 Å². The standard InChI is InChI=1S/C21H24N2O3/c1-16(2)23(14-18-6-4-3-5-7-18)21(25)13-10-17-8-11-19(12-9-17)26-15-20(22)24/h3-13,16H,14-15H2,1-2H3,(H2,22,24)/b13-10+. The molecule has 0 unspecified atom stereocenters. The van der Waals surface area contributed by atoms with Gasteiger partial charge in [0.25, 0.3) is 5.91 Å². The molecule has 2 rings (SSSR count). The third-order valence-electron chi connectivity index (χ3n) is 3.78. The monoisotopic (exact) mass is 352 g/mol. The molecule has 2 aromatic carbocycles. The highest BCUT2D eigenvalue weighted by Crippen LogP contribution is 2.14. The average Bonchev–Trinajstić information content (AvgIpc) is 2.64. The molecule has 0 aliphatic rings. The second-order valence-corrected chi connectivity index (χ2v) is 6.20. The van der Waals surface area contributed by atoms with Crippen LogP contribution in [0, 0.1) is 0 Å². The molecule has 2 N–H and O–H groups in total. The van der Waals surface area contributed by atoms with Gasteiger partial charge < -0.3 is 15.4 Å². The summed E-state index contributed by atoms with van der Waals surface area (Å²) in [6, 6.07) is 17.1. The number of rotatable bonds is 8. The fourth-order valence-electron chi connectivity index (χ4n) is 2.39. The molecular weight excluding hydrogens is 328 g/mol. The average molecular weight is 352 g/mol. The molecule has 0 aromatic heterocycles. The molecule has 5 heteroatoms. The van der Waals surface area contributed by atoms with Gasteiger partial charge in [0.1, 0.15) is 5.75 Å². The Balaban J connectivity index is 2.00. The second kappa shape index (κ2) is 9.42. The predicted molar refractivity (Wildman–Crippen MR) is 102 cm³/mol. The van der Waals surface area contributed by atoms with Crippen LogP contribution in [0.15, 0.2) is 60.7 Å². The predicted octanol–water partition coefficient (Wildman–Crippen LogP) is 3.00. The van der Waals surface area contributed by atoms with Crippen LogP contribution in [0.2, 0.25) is 0 Å². The van der Waals surface area contributed by atoms with E-state index in [0.29, 0.717) is 12.3 Å². The first-order chi connectivity index (χ1) is 12.5. The summed E-state index contributed by atoms with van der Waals surface area (Å²) < 4.78 is 5.21. The zero-order chi connectivity index (χ0) is 18.9. The normalized spacial score (nSPS) is 10.9. The minimum atomic E-state index is -0.522. The van der Waals surface area contributed by atoms with E-state index in [9.17, 15) is 9.59 Å². The van der Waals surface area contributed by atoms with Gasteiger partial charge in [0.15, 0.2) is 6.61 Å². The molecule has 5 nitrogen and oxygen atoms in total. The molecule has 0 heterocycles. The molecule has 2 amide bonds. The SMILES string of the molecule is CC(C)N(Cc1ccccc1)C(=O)/C=C/c1ccc(OCC(N)=O)cc1. The molecule has 136 valence electrons. The zero-order valence-corrected chi connectivity index (χ0v) is 15.1. The molecule has 0 radical (unpaired) electrons. The van der Waals surface area contributed by atoms with Crippen LogP contribution in [-0.4, -0.2) is 29.4 Å². The molecule has 0 fully saturated rings. The fourth-order valence-corrected chi connectivity index (χ4v) is 2.39. The van der Waals surface area contributed by atoms with Crippen LogP contribution in [0.3, 0.4) is 0 Å². The summed E-state index contributed by atoms with van der Waals surface area (Å²) in [5.74, 6) is -0.00942. The van der Waals surface area contributed by atoms with E-state index in [1.54, 1.807) is 24.3 Å². The molecule has 0 bridgehead atoms. The van der Waals surface area contributed by atoms with Gasteiger partial charge in [-0.05, 0) is 43.2 Å². The number of amides is 2. The minimum Gasteiger partial charge on any atom is -0.484 e. The maximum absolute atomic E-state index is 12.6.